The molecule has 0 aliphatic carbocycles. The Morgan fingerprint density at radius 1 is 1.12 bits per heavy atom. The number of rotatable bonds is 5. The fourth-order valence-electron chi connectivity index (χ4n) is 3.34. The molecule has 0 amide bonds. The van der Waals surface area contributed by atoms with E-state index >= 15 is 0 Å². The van der Waals surface area contributed by atoms with Gasteiger partial charge in [0.25, 0.3) is 5.56 Å². The van der Waals surface area contributed by atoms with Crippen LogP contribution in [0.5, 0.6) is 0 Å². The summed E-state index contributed by atoms with van der Waals surface area (Å²) in [6, 6.07) is 10.8. The predicted molar refractivity (Wildman–Crippen MR) is 104 cm³/mol. The van der Waals surface area contributed by atoms with E-state index in [0.717, 1.165) is 10.9 Å². The first-order valence-electron chi connectivity index (χ1n) is 8.46. The molecule has 0 saturated heterocycles. The number of anilines is 1. The van der Waals surface area contributed by atoms with Crippen LogP contribution in [0.25, 0.3) is 10.8 Å². The van der Waals surface area contributed by atoms with Crippen molar-refractivity contribution in [3.63, 3.8) is 0 Å². The van der Waals surface area contributed by atoms with Gasteiger partial charge in [0.1, 0.15) is 0 Å². The molecule has 26 heavy (non-hydrogen) atoms. The highest BCUT2D eigenvalue weighted by Gasteiger charge is 2.23. The normalized spacial score (nSPS) is 13.7. The van der Waals surface area contributed by atoms with Gasteiger partial charge in [-0.2, -0.15) is 5.10 Å². The Kier molecular flexibility index (Phi) is 4.90. The second-order valence-electron chi connectivity index (χ2n) is 6.65. The Morgan fingerprint density at radius 2 is 1.81 bits per heavy atom. The molecule has 0 bridgehead atoms. The van der Waals surface area contributed by atoms with Gasteiger partial charge in [-0.25, -0.2) is 4.68 Å². The molecule has 2 atom stereocenters. The van der Waals surface area contributed by atoms with E-state index < -0.39 is 0 Å². The van der Waals surface area contributed by atoms with E-state index in [2.05, 4.69) is 27.2 Å². The lowest BCUT2D eigenvalue weighted by molar-refractivity contribution is 0.274. The van der Waals surface area contributed by atoms with Crippen molar-refractivity contribution in [1.82, 2.24) is 19.7 Å². The van der Waals surface area contributed by atoms with Gasteiger partial charge >= 0.3 is 0 Å². The lowest BCUT2D eigenvalue weighted by Crippen LogP contribution is -2.35. The zero-order valence-electron chi connectivity index (χ0n) is 15.4. The number of aromatic amines is 1. The number of hydrogen-bond acceptors (Lipinski definition) is 5. The molecule has 2 aromatic heterocycles. The Hall–Kier alpha value is -2.93. The Labute approximate surface area is 151 Å². The van der Waals surface area contributed by atoms with Crippen molar-refractivity contribution in [2.24, 2.45) is 7.05 Å². The Bertz CT molecular complexity index is 1020. The van der Waals surface area contributed by atoms with E-state index in [1.807, 2.05) is 38.4 Å². The number of H-pyrrole nitrogens is 1. The van der Waals surface area contributed by atoms with Crippen molar-refractivity contribution in [2.75, 3.05) is 19.4 Å². The third-order valence-electron chi connectivity index (χ3n) is 4.50. The number of likely N-dealkylation sites (N-methyl/N-ethyl adjacent to an activating group) is 1. The average Bonchev–Trinajstić information content (AvgIpc) is 2.61. The third kappa shape index (κ3) is 3.39. The van der Waals surface area contributed by atoms with E-state index in [0.29, 0.717) is 11.2 Å². The highest BCUT2D eigenvalue weighted by molar-refractivity contribution is 5.90. The summed E-state index contributed by atoms with van der Waals surface area (Å²) < 4.78 is 1.35. The zero-order chi connectivity index (χ0) is 18.8. The van der Waals surface area contributed by atoms with Gasteiger partial charge in [0, 0.05) is 30.7 Å². The molecule has 0 radical (unpaired) electrons. The average molecular weight is 353 g/mol. The van der Waals surface area contributed by atoms with Gasteiger partial charge in [-0.1, -0.05) is 24.3 Å². The summed E-state index contributed by atoms with van der Waals surface area (Å²) in [5.74, 6) is 0.659. The topological polar surface area (TPSA) is 83.0 Å². The molecule has 7 nitrogen and oxygen atoms in total. The molecule has 2 heterocycles. The van der Waals surface area contributed by atoms with Gasteiger partial charge < -0.3 is 15.2 Å². The van der Waals surface area contributed by atoms with Crippen molar-refractivity contribution in [3.05, 3.63) is 68.9 Å². The molecule has 2 N–H and O–H groups in total. The first kappa shape index (κ1) is 17.9. The van der Waals surface area contributed by atoms with Gasteiger partial charge in [0.15, 0.2) is 5.82 Å². The summed E-state index contributed by atoms with van der Waals surface area (Å²) in [6.07, 6.45) is 1.73. The number of aromatic nitrogens is 3. The van der Waals surface area contributed by atoms with Crippen LogP contribution in [-0.4, -0.2) is 39.8 Å². The summed E-state index contributed by atoms with van der Waals surface area (Å²) >= 11 is 0. The highest BCUT2D eigenvalue weighted by Crippen LogP contribution is 2.25. The quantitative estimate of drug-likeness (QED) is 0.730. The van der Waals surface area contributed by atoms with Crippen LogP contribution in [-0.2, 0) is 7.05 Å². The van der Waals surface area contributed by atoms with Crippen LogP contribution in [0.3, 0.4) is 0 Å². The molecule has 0 aliphatic heterocycles. The summed E-state index contributed by atoms with van der Waals surface area (Å²) in [5, 5.41) is 9.27. The largest absolute Gasteiger partial charge is 0.364 e. The molecule has 0 fully saturated rings. The van der Waals surface area contributed by atoms with E-state index in [4.69, 9.17) is 0 Å². The lowest BCUT2D eigenvalue weighted by atomic mass is 10.0. The van der Waals surface area contributed by atoms with Crippen molar-refractivity contribution in [3.8, 4) is 0 Å². The SMILES string of the molecule is C[C@H](Nc1nn(C)c(=O)c2ccccc12)C(c1ccc(=O)[nH]c1)N(C)C. The van der Waals surface area contributed by atoms with Crippen molar-refractivity contribution >= 4 is 16.6 Å². The third-order valence-corrected chi connectivity index (χ3v) is 4.50. The van der Waals surface area contributed by atoms with E-state index in [-0.39, 0.29) is 23.2 Å². The summed E-state index contributed by atoms with van der Waals surface area (Å²) in [5.41, 5.74) is 0.741. The fourth-order valence-corrected chi connectivity index (χ4v) is 3.34. The molecule has 3 rings (SSSR count). The molecule has 0 aliphatic rings. The molecule has 1 unspecified atom stereocenters. The summed E-state index contributed by atoms with van der Waals surface area (Å²) in [7, 11) is 5.62. The second kappa shape index (κ2) is 7.13. The van der Waals surface area contributed by atoms with Crippen LogP contribution < -0.4 is 16.4 Å². The van der Waals surface area contributed by atoms with Gasteiger partial charge in [0.05, 0.1) is 11.4 Å². The van der Waals surface area contributed by atoms with E-state index in [1.54, 1.807) is 19.3 Å². The minimum Gasteiger partial charge on any atom is -0.364 e. The molecule has 0 spiro atoms. The summed E-state index contributed by atoms with van der Waals surface area (Å²) in [6.45, 7) is 2.05. The van der Waals surface area contributed by atoms with Gasteiger partial charge in [-0.15, -0.1) is 0 Å². The number of benzene rings is 1. The molecule has 0 saturated carbocycles. The van der Waals surface area contributed by atoms with Gasteiger partial charge in [0.2, 0.25) is 5.56 Å². The van der Waals surface area contributed by atoms with Crippen LogP contribution in [0.4, 0.5) is 5.82 Å². The standard InChI is InChI=1S/C19H23N5O2/c1-12(17(23(2)3)13-9-10-16(25)20-11-13)21-18-14-7-5-6-8-15(14)19(26)24(4)22-18/h5-12,17H,1-4H3,(H,20,25)(H,21,22)/t12-,17?/m0/s1. The van der Waals surface area contributed by atoms with Gasteiger partial charge in [-0.05, 0) is 32.6 Å². The number of nitrogens with zero attached hydrogens (tertiary/aromatic N) is 3. The smallest absolute Gasteiger partial charge is 0.274 e. The van der Waals surface area contributed by atoms with Crippen LogP contribution >= 0.6 is 0 Å². The zero-order valence-corrected chi connectivity index (χ0v) is 15.4. The van der Waals surface area contributed by atoms with Crippen molar-refractivity contribution in [1.29, 1.82) is 0 Å². The number of nitrogens with one attached hydrogen (secondary N) is 2. The molecule has 7 heteroatoms. The maximum absolute atomic E-state index is 12.3. The van der Waals surface area contributed by atoms with Crippen LogP contribution in [0.2, 0.25) is 0 Å². The molecule has 1 aromatic carbocycles. The van der Waals surface area contributed by atoms with E-state index in [1.165, 1.54) is 10.7 Å². The number of fused-ring (bicyclic) bond motifs is 1. The predicted octanol–water partition coefficient (Wildman–Crippen LogP) is 1.73. The minimum absolute atomic E-state index is 0.00430. The van der Waals surface area contributed by atoms with Crippen LogP contribution in [0.1, 0.15) is 18.5 Å². The Morgan fingerprint density at radius 3 is 2.42 bits per heavy atom. The molecular formula is C19H23N5O2. The second-order valence-corrected chi connectivity index (χ2v) is 6.65. The maximum Gasteiger partial charge on any atom is 0.274 e. The molecular weight excluding hydrogens is 330 g/mol. The van der Waals surface area contributed by atoms with Crippen molar-refractivity contribution in [2.45, 2.75) is 19.0 Å². The maximum atomic E-state index is 12.3. The monoisotopic (exact) mass is 353 g/mol. The number of hydrogen-bond donors (Lipinski definition) is 2. The van der Waals surface area contributed by atoms with Gasteiger partial charge in [-0.3, -0.25) is 9.59 Å². The fraction of sp³-hybridized carbons (Fsp3) is 0.316. The van der Waals surface area contributed by atoms with Crippen molar-refractivity contribution < 1.29 is 0 Å². The lowest BCUT2D eigenvalue weighted by Gasteiger charge is -2.31. The molecule has 3 aromatic rings. The number of aryl methyl sites for hydroxylation is 1. The highest BCUT2D eigenvalue weighted by atomic mass is 16.1. The first-order chi connectivity index (χ1) is 12.4. The van der Waals surface area contributed by atoms with Crippen LogP contribution in [0.15, 0.2) is 52.2 Å². The first-order valence-corrected chi connectivity index (χ1v) is 8.46. The Balaban J connectivity index is 2.00. The summed E-state index contributed by atoms with van der Waals surface area (Å²) in [4.78, 5) is 28.5. The van der Waals surface area contributed by atoms with E-state index in [9.17, 15) is 9.59 Å². The number of pyridine rings is 1. The van der Waals surface area contributed by atoms with Crippen LogP contribution in [0, 0.1) is 0 Å². The minimum atomic E-state index is -0.127. The molecule has 136 valence electrons.